The molecule has 0 N–H and O–H groups in total. The summed E-state index contributed by atoms with van der Waals surface area (Å²) in [6.45, 7) is 1.55. The largest absolute Gasteiger partial charge is 0.488 e. The normalized spacial score (nSPS) is 14.5. The molecule has 1 heterocycles. The van der Waals surface area contributed by atoms with Gasteiger partial charge in [-0.05, 0) is 47.5 Å². The highest BCUT2D eigenvalue weighted by molar-refractivity contribution is 6.32. The van der Waals surface area contributed by atoms with Crippen LogP contribution in [0, 0.1) is 29.1 Å². The van der Waals surface area contributed by atoms with E-state index in [-0.39, 0.29) is 22.9 Å². The molecule has 38 heavy (non-hydrogen) atoms. The van der Waals surface area contributed by atoms with Gasteiger partial charge in [-0.3, -0.25) is 4.79 Å². The van der Waals surface area contributed by atoms with Crippen molar-refractivity contribution in [2.75, 3.05) is 5.01 Å². The number of amides is 1. The number of nitrogens with zero attached hydrogens (tertiary/aromatic N) is 2. The van der Waals surface area contributed by atoms with Crippen molar-refractivity contribution < 1.29 is 31.5 Å². The van der Waals surface area contributed by atoms with Crippen LogP contribution in [0.5, 0.6) is 5.75 Å². The molecular weight excluding hydrogens is 527 g/mol. The maximum Gasteiger partial charge on any atom is 0.280 e. The van der Waals surface area contributed by atoms with Crippen molar-refractivity contribution in [2.24, 2.45) is 5.10 Å². The summed E-state index contributed by atoms with van der Waals surface area (Å²) in [7, 11) is 0. The van der Waals surface area contributed by atoms with Crippen LogP contribution in [0.3, 0.4) is 0 Å². The molecule has 0 radical (unpaired) electrons. The van der Waals surface area contributed by atoms with Gasteiger partial charge in [0.2, 0.25) is 5.82 Å². The van der Waals surface area contributed by atoms with Gasteiger partial charge in [-0.25, -0.2) is 22.0 Å². The molecule has 192 valence electrons. The number of ether oxygens (including phenoxy) is 1. The van der Waals surface area contributed by atoms with Crippen LogP contribution < -0.4 is 9.75 Å². The molecule has 0 saturated heterocycles. The van der Waals surface area contributed by atoms with Crippen molar-refractivity contribution in [3.8, 4) is 5.75 Å². The van der Waals surface area contributed by atoms with E-state index in [4.69, 9.17) is 16.3 Å². The highest BCUT2D eigenvalue weighted by atomic mass is 35.5. The van der Waals surface area contributed by atoms with Gasteiger partial charge in [-0.2, -0.15) is 10.1 Å². The fourth-order valence-electron chi connectivity index (χ4n) is 4.05. The SMILES string of the molecule is CC1=NN(c2c(F)c(F)c(F)c(F)c2F)C(=O)/C1=C\c1c(OCc2ccc(Cl)cc2)ccc2ccccc12. The zero-order valence-electron chi connectivity index (χ0n) is 19.5. The molecule has 1 amide bonds. The smallest absolute Gasteiger partial charge is 0.280 e. The lowest BCUT2D eigenvalue weighted by Gasteiger charge is -2.15. The van der Waals surface area contributed by atoms with Gasteiger partial charge < -0.3 is 4.74 Å². The van der Waals surface area contributed by atoms with E-state index in [9.17, 15) is 26.7 Å². The minimum Gasteiger partial charge on any atom is -0.488 e. The Hall–Kier alpha value is -4.24. The molecule has 4 nitrogen and oxygen atoms in total. The molecule has 1 aliphatic heterocycles. The van der Waals surface area contributed by atoms with E-state index in [1.54, 1.807) is 42.5 Å². The van der Waals surface area contributed by atoms with E-state index in [1.807, 2.05) is 18.2 Å². The number of carbonyl (C=O) groups is 1. The quantitative estimate of drug-likeness (QED) is 0.113. The molecular formula is C28H16ClF5N2O2. The fourth-order valence-corrected chi connectivity index (χ4v) is 4.18. The number of benzene rings is 4. The van der Waals surface area contributed by atoms with Crippen molar-refractivity contribution in [2.45, 2.75) is 13.5 Å². The van der Waals surface area contributed by atoms with Crippen molar-refractivity contribution >= 4 is 45.8 Å². The van der Waals surface area contributed by atoms with Crippen LogP contribution in [0.25, 0.3) is 16.8 Å². The molecule has 1 aliphatic rings. The third-order valence-electron chi connectivity index (χ3n) is 5.99. The highest BCUT2D eigenvalue weighted by Gasteiger charge is 2.37. The second kappa shape index (κ2) is 9.90. The van der Waals surface area contributed by atoms with E-state index in [1.165, 1.54) is 13.0 Å². The molecule has 4 aromatic rings. The van der Waals surface area contributed by atoms with Gasteiger partial charge in [-0.15, -0.1) is 0 Å². The van der Waals surface area contributed by atoms with Crippen LogP contribution in [-0.4, -0.2) is 11.6 Å². The number of hydrazone groups is 1. The van der Waals surface area contributed by atoms with Crippen molar-refractivity contribution in [1.82, 2.24) is 0 Å². The predicted molar refractivity (Wildman–Crippen MR) is 135 cm³/mol. The summed E-state index contributed by atoms with van der Waals surface area (Å²) in [5.41, 5.74) is -0.258. The molecule has 5 rings (SSSR count). The first-order valence-corrected chi connectivity index (χ1v) is 11.6. The minimum atomic E-state index is -2.33. The standard InChI is InChI=1S/C28H16ClF5N2O2/c1-14-19(28(37)36(35-14)27-25(33)23(31)22(30)24(32)26(27)34)12-20-18-5-3-2-4-16(18)8-11-21(20)38-13-15-6-9-17(29)10-7-15/h2-12H,13H2,1H3/b19-12-. The van der Waals surface area contributed by atoms with Gasteiger partial charge >= 0.3 is 0 Å². The molecule has 0 aromatic heterocycles. The summed E-state index contributed by atoms with van der Waals surface area (Å²) in [5.74, 6) is -11.7. The Labute approximate surface area is 218 Å². The third-order valence-corrected chi connectivity index (χ3v) is 6.24. The number of hydrogen-bond acceptors (Lipinski definition) is 3. The lowest BCUT2D eigenvalue weighted by molar-refractivity contribution is -0.114. The number of hydrogen-bond donors (Lipinski definition) is 0. The Kier molecular flexibility index (Phi) is 6.62. The Bertz CT molecular complexity index is 1640. The first-order chi connectivity index (χ1) is 18.2. The van der Waals surface area contributed by atoms with Gasteiger partial charge in [0, 0.05) is 10.6 Å². The van der Waals surface area contributed by atoms with Crippen LogP contribution in [0.1, 0.15) is 18.1 Å². The number of anilines is 1. The Morgan fingerprint density at radius 1 is 0.868 bits per heavy atom. The van der Waals surface area contributed by atoms with Gasteiger partial charge in [0.1, 0.15) is 18.0 Å². The van der Waals surface area contributed by atoms with Crippen LogP contribution in [-0.2, 0) is 11.4 Å². The zero-order valence-corrected chi connectivity index (χ0v) is 20.3. The maximum atomic E-state index is 14.4. The maximum absolute atomic E-state index is 14.4. The Morgan fingerprint density at radius 3 is 2.18 bits per heavy atom. The average Bonchev–Trinajstić information content (AvgIpc) is 3.19. The average molecular weight is 543 g/mol. The first-order valence-electron chi connectivity index (χ1n) is 11.2. The molecule has 0 fully saturated rings. The summed E-state index contributed by atoms with van der Waals surface area (Å²) in [4.78, 5) is 13.2. The Balaban J connectivity index is 1.58. The lowest BCUT2D eigenvalue weighted by Crippen LogP contribution is -2.25. The molecule has 0 saturated carbocycles. The molecule has 0 aliphatic carbocycles. The Morgan fingerprint density at radius 2 is 1.50 bits per heavy atom. The number of halogens is 6. The van der Waals surface area contributed by atoms with Crippen LogP contribution >= 0.6 is 11.6 Å². The van der Waals surface area contributed by atoms with E-state index < -0.39 is 40.7 Å². The summed E-state index contributed by atoms with van der Waals surface area (Å²) in [6.07, 6.45) is 1.42. The lowest BCUT2D eigenvalue weighted by atomic mass is 9.99. The van der Waals surface area contributed by atoms with Crippen LogP contribution in [0.2, 0.25) is 5.02 Å². The summed E-state index contributed by atoms with van der Waals surface area (Å²) >= 11 is 5.94. The number of carbonyl (C=O) groups excluding carboxylic acids is 1. The van der Waals surface area contributed by atoms with Gasteiger partial charge in [-0.1, -0.05) is 54.1 Å². The van der Waals surface area contributed by atoms with Gasteiger partial charge in [0.15, 0.2) is 23.3 Å². The van der Waals surface area contributed by atoms with E-state index in [2.05, 4.69) is 5.10 Å². The molecule has 0 unspecified atom stereocenters. The molecule has 0 bridgehead atoms. The van der Waals surface area contributed by atoms with Crippen molar-refractivity contribution in [1.29, 1.82) is 0 Å². The second-order valence-electron chi connectivity index (χ2n) is 8.39. The van der Waals surface area contributed by atoms with E-state index in [0.29, 0.717) is 21.7 Å². The first kappa shape index (κ1) is 25.4. The zero-order chi connectivity index (χ0) is 27.1. The molecule has 10 heteroatoms. The number of fused-ring (bicyclic) bond motifs is 1. The second-order valence-corrected chi connectivity index (χ2v) is 8.83. The predicted octanol–water partition coefficient (Wildman–Crippen LogP) is 7.57. The van der Waals surface area contributed by atoms with E-state index in [0.717, 1.165) is 10.9 Å². The summed E-state index contributed by atoms with van der Waals surface area (Å²) in [5, 5.41) is 6.06. The molecule has 0 spiro atoms. The summed E-state index contributed by atoms with van der Waals surface area (Å²) < 4.78 is 76.1. The molecule has 0 atom stereocenters. The van der Waals surface area contributed by atoms with Gasteiger partial charge in [0.05, 0.1) is 11.3 Å². The topological polar surface area (TPSA) is 41.9 Å². The van der Waals surface area contributed by atoms with Crippen LogP contribution in [0.15, 0.2) is 71.3 Å². The van der Waals surface area contributed by atoms with Gasteiger partial charge in [0.25, 0.3) is 5.91 Å². The monoisotopic (exact) mass is 542 g/mol. The van der Waals surface area contributed by atoms with Crippen molar-refractivity contribution in [3.05, 3.63) is 111 Å². The van der Waals surface area contributed by atoms with Crippen LogP contribution in [0.4, 0.5) is 27.6 Å². The fraction of sp³-hybridized carbons (Fsp3) is 0.0714. The minimum absolute atomic E-state index is 0.00975. The molecule has 4 aromatic carbocycles. The van der Waals surface area contributed by atoms with Crippen molar-refractivity contribution in [3.63, 3.8) is 0 Å². The van der Waals surface area contributed by atoms with E-state index >= 15 is 0 Å². The third kappa shape index (κ3) is 4.39. The highest BCUT2D eigenvalue weighted by Crippen LogP contribution is 2.36. The number of rotatable bonds is 5. The summed E-state index contributed by atoms with van der Waals surface area (Å²) in [6, 6.07) is 17.8.